The van der Waals surface area contributed by atoms with E-state index in [1.54, 1.807) is 0 Å². The number of hydrogen-bond donors (Lipinski definition) is 1. The number of nitrogens with one attached hydrogen (secondary N) is 1. The van der Waals surface area contributed by atoms with Gasteiger partial charge < -0.3 is 10.2 Å². The smallest absolute Gasteiger partial charge is 0.0370 e. The van der Waals surface area contributed by atoms with Crippen molar-refractivity contribution in [1.29, 1.82) is 0 Å². The maximum absolute atomic E-state index is 3.39. The molecule has 0 aliphatic carbocycles. The minimum Gasteiger partial charge on any atom is -0.369 e. The van der Waals surface area contributed by atoms with Gasteiger partial charge in [0.15, 0.2) is 0 Å². The highest BCUT2D eigenvalue weighted by Gasteiger charge is 2.17. The summed E-state index contributed by atoms with van der Waals surface area (Å²) in [4.78, 5) is 4.85. The average molecular weight is 217 g/mol. The second kappa shape index (κ2) is 4.07. The van der Waals surface area contributed by atoms with E-state index in [0.717, 1.165) is 39.3 Å². The van der Waals surface area contributed by atoms with Crippen LogP contribution in [0.25, 0.3) is 0 Å². The fourth-order valence-corrected chi connectivity index (χ4v) is 2.67. The molecule has 0 bridgehead atoms. The molecule has 2 aliphatic heterocycles. The van der Waals surface area contributed by atoms with Crippen molar-refractivity contribution in [2.75, 3.05) is 38.1 Å². The molecule has 3 rings (SSSR count). The number of rotatable bonds is 1. The van der Waals surface area contributed by atoms with Crippen molar-refractivity contribution in [2.45, 2.75) is 13.1 Å². The van der Waals surface area contributed by atoms with E-state index < -0.39 is 0 Å². The monoisotopic (exact) mass is 217 g/mol. The van der Waals surface area contributed by atoms with Gasteiger partial charge in [-0.2, -0.15) is 0 Å². The molecule has 1 aromatic rings. The third-order valence-corrected chi connectivity index (χ3v) is 3.55. The van der Waals surface area contributed by atoms with Gasteiger partial charge in [0.2, 0.25) is 0 Å². The Hall–Kier alpha value is -1.06. The number of anilines is 1. The fraction of sp³-hybridized carbons (Fsp3) is 0.538. The zero-order chi connectivity index (χ0) is 11.0. The second-order valence-corrected chi connectivity index (χ2v) is 4.86. The summed E-state index contributed by atoms with van der Waals surface area (Å²) in [6, 6.07) is 6.96. The third kappa shape index (κ3) is 1.81. The van der Waals surface area contributed by atoms with Crippen LogP contribution in [0.15, 0.2) is 18.2 Å². The molecule has 86 valence electrons. The van der Waals surface area contributed by atoms with Gasteiger partial charge in [0.25, 0.3) is 0 Å². The van der Waals surface area contributed by atoms with Gasteiger partial charge in [-0.1, -0.05) is 6.07 Å². The fourth-order valence-electron chi connectivity index (χ4n) is 2.67. The molecule has 0 atom stereocenters. The molecule has 3 nitrogen and oxygen atoms in total. The zero-order valence-corrected chi connectivity index (χ0v) is 9.87. The van der Waals surface area contributed by atoms with Gasteiger partial charge in [0, 0.05) is 45.0 Å². The number of benzene rings is 1. The maximum atomic E-state index is 3.39. The van der Waals surface area contributed by atoms with Crippen molar-refractivity contribution in [3.8, 4) is 0 Å². The van der Waals surface area contributed by atoms with Crippen LogP contribution in [0.1, 0.15) is 11.1 Å². The van der Waals surface area contributed by atoms with E-state index in [1.807, 2.05) is 0 Å². The standard InChI is InChI=1S/C13H19N3/c1-15-9-11-2-3-13(8-12(11)10-15)16-6-4-14-5-7-16/h2-3,8,14H,4-7,9-10H2,1H3. The molecule has 0 unspecified atom stereocenters. The molecular formula is C13H19N3. The van der Waals surface area contributed by atoms with Crippen LogP contribution in [0.3, 0.4) is 0 Å². The molecule has 1 fully saturated rings. The molecule has 0 saturated carbocycles. The van der Waals surface area contributed by atoms with Crippen LogP contribution in [-0.4, -0.2) is 38.1 Å². The second-order valence-electron chi connectivity index (χ2n) is 4.86. The molecular weight excluding hydrogens is 198 g/mol. The molecule has 2 aliphatic rings. The maximum Gasteiger partial charge on any atom is 0.0370 e. The summed E-state index contributed by atoms with van der Waals surface area (Å²) >= 11 is 0. The van der Waals surface area contributed by atoms with Crippen molar-refractivity contribution in [2.24, 2.45) is 0 Å². The Morgan fingerprint density at radius 2 is 1.81 bits per heavy atom. The van der Waals surface area contributed by atoms with Crippen molar-refractivity contribution in [3.05, 3.63) is 29.3 Å². The Morgan fingerprint density at radius 3 is 2.62 bits per heavy atom. The minimum absolute atomic E-state index is 1.11. The Morgan fingerprint density at radius 1 is 1.06 bits per heavy atom. The third-order valence-electron chi connectivity index (χ3n) is 3.55. The van der Waals surface area contributed by atoms with Gasteiger partial charge in [-0.15, -0.1) is 0 Å². The lowest BCUT2D eigenvalue weighted by atomic mass is 10.1. The van der Waals surface area contributed by atoms with Crippen LogP contribution in [0.5, 0.6) is 0 Å². The van der Waals surface area contributed by atoms with Crippen molar-refractivity contribution < 1.29 is 0 Å². The zero-order valence-electron chi connectivity index (χ0n) is 9.87. The highest BCUT2D eigenvalue weighted by molar-refractivity contribution is 5.52. The lowest BCUT2D eigenvalue weighted by Crippen LogP contribution is -2.43. The number of fused-ring (bicyclic) bond motifs is 1. The highest BCUT2D eigenvalue weighted by Crippen LogP contribution is 2.26. The van der Waals surface area contributed by atoms with E-state index in [4.69, 9.17) is 0 Å². The number of hydrogen-bond acceptors (Lipinski definition) is 3. The molecule has 0 radical (unpaired) electrons. The van der Waals surface area contributed by atoms with Crippen LogP contribution < -0.4 is 10.2 Å². The molecule has 1 N–H and O–H groups in total. The van der Waals surface area contributed by atoms with Crippen LogP contribution in [-0.2, 0) is 13.1 Å². The van der Waals surface area contributed by atoms with Gasteiger partial charge in [-0.05, 0) is 30.3 Å². The average Bonchev–Trinajstić information content (AvgIpc) is 2.69. The summed E-state index contributed by atoms with van der Waals surface area (Å²) in [5.74, 6) is 0. The lowest BCUT2D eigenvalue weighted by molar-refractivity contribution is 0.353. The van der Waals surface area contributed by atoms with Gasteiger partial charge in [-0.3, -0.25) is 4.90 Å². The van der Waals surface area contributed by atoms with E-state index in [2.05, 4.69) is 40.4 Å². The Kier molecular flexibility index (Phi) is 2.58. The predicted molar refractivity (Wildman–Crippen MR) is 66.7 cm³/mol. The molecule has 1 aromatic carbocycles. The van der Waals surface area contributed by atoms with Gasteiger partial charge in [-0.25, -0.2) is 0 Å². The molecule has 0 spiro atoms. The Bertz CT molecular complexity index is 383. The van der Waals surface area contributed by atoms with Gasteiger partial charge in [0.05, 0.1) is 0 Å². The predicted octanol–water partition coefficient (Wildman–Crippen LogP) is 1.04. The van der Waals surface area contributed by atoms with Crippen molar-refractivity contribution in [1.82, 2.24) is 10.2 Å². The SMILES string of the molecule is CN1Cc2ccc(N3CCNCC3)cc2C1. The largest absolute Gasteiger partial charge is 0.369 e. The topological polar surface area (TPSA) is 18.5 Å². The molecule has 1 saturated heterocycles. The van der Waals surface area contributed by atoms with Crippen LogP contribution >= 0.6 is 0 Å². The molecule has 0 amide bonds. The summed E-state index contributed by atoms with van der Waals surface area (Å²) in [7, 11) is 2.19. The van der Waals surface area contributed by atoms with E-state index in [-0.39, 0.29) is 0 Å². The highest BCUT2D eigenvalue weighted by atomic mass is 15.2. The molecule has 0 aromatic heterocycles. The van der Waals surface area contributed by atoms with Gasteiger partial charge in [0.1, 0.15) is 0 Å². The summed E-state index contributed by atoms with van der Waals surface area (Å²) in [6.45, 7) is 6.70. The van der Waals surface area contributed by atoms with Crippen LogP contribution in [0.4, 0.5) is 5.69 Å². The Labute approximate surface area is 97.0 Å². The molecule has 16 heavy (non-hydrogen) atoms. The molecule has 2 heterocycles. The van der Waals surface area contributed by atoms with Crippen LogP contribution in [0, 0.1) is 0 Å². The summed E-state index contributed by atoms with van der Waals surface area (Å²) in [6.07, 6.45) is 0. The lowest BCUT2D eigenvalue weighted by Gasteiger charge is -2.29. The summed E-state index contributed by atoms with van der Waals surface area (Å²) < 4.78 is 0. The Balaban J connectivity index is 1.84. The number of nitrogens with zero attached hydrogens (tertiary/aromatic N) is 2. The van der Waals surface area contributed by atoms with E-state index >= 15 is 0 Å². The summed E-state index contributed by atoms with van der Waals surface area (Å²) in [5, 5.41) is 3.39. The van der Waals surface area contributed by atoms with Gasteiger partial charge >= 0.3 is 0 Å². The van der Waals surface area contributed by atoms with Crippen molar-refractivity contribution in [3.63, 3.8) is 0 Å². The first kappa shape index (κ1) is 10.1. The normalized spacial score (nSPS) is 21.2. The van der Waals surface area contributed by atoms with E-state index in [9.17, 15) is 0 Å². The quantitative estimate of drug-likeness (QED) is 0.758. The number of piperazine rings is 1. The van der Waals surface area contributed by atoms with E-state index in [1.165, 1.54) is 16.8 Å². The first-order valence-corrected chi connectivity index (χ1v) is 6.09. The molecule has 3 heteroatoms. The first-order valence-electron chi connectivity index (χ1n) is 6.09. The van der Waals surface area contributed by atoms with Crippen LogP contribution in [0.2, 0.25) is 0 Å². The summed E-state index contributed by atoms with van der Waals surface area (Å²) in [5.41, 5.74) is 4.41. The first-order chi connectivity index (χ1) is 7.83. The minimum atomic E-state index is 1.11. The van der Waals surface area contributed by atoms with E-state index in [0.29, 0.717) is 0 Å². The van der Waals surface area contributed by atoms with Crippen molar-refractivity contribution >= 4 is 5.69 Å².